The second-order valence-corrected chi connectivity index (χ2v) is 4.84. The Kier molecular flexibility index (Phi) is 6.21. The van der Waals surface area contributed by atoms with E-state index >= 15 is 0 Å². The number of rotatable bonds is 8. The van der Waals surface area contributed by atoms with Crippen molar-refractivity contribution in [3.05, 3.63) is 47.4 Å². The van der Waals surface area contributed by atoms with Crippen LogP contribution in [0.4, 0.5) is 8.78 Å². The summed E-state index contributed by atoms with van der Waals surface area (Å²) < 4.78 is 41.4. The number of ether oxygens (including phenoxy) is 2. The molecule has 9 heteroatoms. The van der Waals surface area contributed by atoms with Crippen LogP contribution in [0.3, 0.4) is 0 Å². The lowest BCUT2D eigenvalue weighted by Gasteiger charge is -2.09. The highest BCUT2D eigenvalue weighted by atomic mass is 19.1. The fourth-order valence-corrected chi connectivity index (χ4v) is 1.80. The van der Waals surface area contributed by atoms with Gasteiger partial charge in [0.15, 0.2) is 28.8 Å². The van der Waals surface area contributed by atoms with Crippen molar-refractivity contribution in [2.24, 2.45) is 0 Å². The zero-order chi connectivity index (χ0) is 17.5. The number of carbonyl (C=O) groups excluding carboxylic acids is 1. The molecule has 2 aromatic rings. The first-order valence-corrected chi connectivity index (χ1v) is 6.99. The number of amides is 1. The molecule has 2 rings (SSSR count). The number of halogens is 2. The highest BCUT2D eigenvalue weighted by Gasteiger charge is 2.16. The third-order valence-electron chi connectivity index (χ3n) is 2.93. The number of aliphatic hydroxyl groups is 1. The van der Waals surface area contributed by atoms with Gasteiger partial charge >= 0.3 is 0 Å². The Morgan fingerprint density at radius 1 is 1.42 bits per heavy atom. The molecule has 130 valence electrons. The normalized spacial score (nSPS) is 12.0. The van der Waals surface area contributed by atoms with Crippen molar-refractivity contribution < 1.29 is 32.7 Å². The van der Waals surface area contributed by atoms with Gasteiger partial charge in [-0.1, -0.05) is 11.2 Å². The minimum Gasteiger partial charge on any atom is -0.479 e. The number of hydrogen-bond acceptors (Lipinski definition) is 6. The lowest BCUT2D eigenvalue weighted by molar-refractivity contribution is 0.0607. The highest BCUT2D eigenvalue weighted by Crippen LogP contribution is 2.22. The monoisotopic (exact) mass is 342 g/mol. The molecule has 24 heavy (non-hydrogen) atoms. The standard InChI is InChI=1S/C15H16F2N2O5/c1-22-7-9(20)6-18-15(21)13-5-10(24-19-13)8-23-14-11(16)3-2-4-12(14)17/h2-5,9,20H,6-8H2,1H3,(H,18,21)/t9-/m0/s1. The molecular weight excluding hydrogens is 326 g/mol. The smallest absolute Gasteiger partial charge is 0.273 e. The van der Waals surface area contributed by atoms with Gasteiger partial charge in [-0.2, -0.15) is 0 Å². The van der Waals surface area contributed by atoms with Gasteiger partial charge in [0.05, 0.1) is 12.7 Å². The molecule has 0 aliphatic carbocycles. The lowest BCUT2D eigenvalue weighted by atomic mass is 10.3. The van der Waals surface area contributed by atoms with Crippen LogP contribution in [0.1, 0.15) is 16.2 Å². The molecule has 0 saturated heterocycles. The topological polar surface area (TPSA) is 93.8 Å². The Bertz CT molecular complexity index is 672. The third kappa shape index (κ3) is 4.74. The Balaban J connectivity index is 1.90. The largest absolute Gasteiger partial charge is 0.479 e. The predicted octanol–water partition coefficient (Wildman–Crippen LogP) is 1.27. The van der Waals surface area contributed by atoms with Crippen LogP contribution in [0.15, 0.2) is 28.8 Å². The van der Waals surface area contributed by atoms with Crippen LogP contribution >= 0.6 is 0 Å². The van der Waals surface area contributed by atoms with Crippen molar-refractivity contribution in [2.75, 3.05) is 20.3 Å². The average molecular weight is 342 g/mol. The van der Waals surface area contributed by atoms with E-state index in [1.54, 1.807) is 0 Å². The number of benzene rings is 1. The second kappa shape index (κ2) is 8.37. The summed E-state index contributed by atoms with van der Waals surface area (Å²) in [5.41, 5.74) is -0.0489. The SMILES string of the molecule is COC[C@@H](O)CNC(=O)c1cc(COc2c(F)cccc2F)on1. The van der Waals surface area contributed by atoms with Crippen LogP contribution in [0.2, 0.25) is 0 Å². The van der Waals surface area contributed by atoms with Gasteiger partial charge in [0, 0.05) is 19.7 Å². The molecule has 2 N–H and O–H groups in total. The van der Waals surface area contributed by atoms with E-state index in [9.17, 15) is 18.7 Å². The van der Waals surface area contributed by atoms with Gasteiger partial charge in [0.25, 0.3) is 5.91 Å². The summed E-state index contributed by atoms with van der Waals surface area (Å²) in [5.74, 6) is -2.70. The van der Waals surface area contributed by atoms with E-state index in [-0.39, 0.29) is 31.2 Å². The molecule has 0 fully saturated rings. The highest BCUT2D eigenvalue weighted by molar-refractivity contribution is 5.92. The summed E-state index contributed by atoms with van der Waals surface area (Å²) in [6, 6.07) is 4.61. The number of nitrogens with zero attached hydrogens (tertiary/aromatic N) is 1. The summed E-state index contributed by atoms with van der Waals surface area (Å²) >= 11 is 0. The average Bonchev–Trinajstić information content (AvgIpc) is 3.01. The molecule has 1 aromatic heterocycles. The van der Waals surface area contributed by atoms with Crippen molar-refractivity contribution in [1.82, 2.24) is 10.5 Å². The third-order valence-corrected chi connectivity index (χ3v) is 2.93. The first kappa shape index (κ1) is 17.8. The molecule has 7 nitrogen and oxygen atoms in total. The maximum atomic E-state index is 13.4. The summed E-state index contributed by atoms with van der Waals surface area (Å²) in [6.07, 6.45) is -0.849. The van der Waals surface area contributed by atoms with Crippen molar-refractivity contribution >= 4 is 5.91 Å². The van der Waals surface area contributed by atoms with Gasteiger partial charge in [0.1, 0.15) is 6.61 Å². The Morgan fingerprint density at radius 2 is 2.12 bits per heavy atom. The second-order valence-electron chi connectivity index (χ2n) is 4.84. The van der Waals surface area contributed by atoms with Crippen molar-refractivity contribution in [3.8, 4) is 5.75 Å². The summed E-state index contributed by atoms with van der Waals surface area (Å²) in [6.45, 7) is -0.247. The van der Waals surface area contributed by atoms with Crippen LogP contribution in [0.5, 0.6) is 5.75 Å². The van der Waals surface area contributed by atoms with Crippen molar-refractivity contribution in [2.45, 2.75) is 12.7 Å². The summed E-state index contributed by atoms with van der Waals surface area (Å²) in [7, 11) is 1.42. The van der Waals surface area contributed by atoms with Gasteiger partial charge in [-0.3, -0.25) is 4.79 Å². The van der Waals surface area contributed by atoms with Crippen molar-refractivity contribution in [3.63, 3.8) is 0 Å². The van der Waals surface area contributed by atoms with Gasteiger partial charge in [-0.05, 0) is 12.1 Å². The van der Waals surface area contributed by atoms with Crippen LogP contribution in [0, 0.1) is 11.6 Å². The van der Waals surface area contributed by atoms with Gasteiger partial charge in [0.2, 0.25) is 0 Å². The zero-order valence-electron chi connectivity index (χ0n) is 12.8. The number of aromatic nitrogens is 1. The van der Waals surface area contributed by atoms with E-state index in [1.165, 1.54) is 19.2 Å². The number of carbonyl (C=O) groups is 1. The molecule has 0 bridgehead atoms. The molecule has 0 aliphatic heterocycles. The lowest BCUT2D eigenvalue weighted by Crippen LogP contribution is -2.34. The first-order valence-electron chi connectivity index (χ1n) is 6.99. The zero-order valence-corrected chi connectivity index (χ0v) is 12.8. The Hall–Kier alpha value is -2.52. The molecular formula is C15H16F2N2O5. The molecule has 0 saturated carbocycles. The van der Waals surface area contributed by atoms with Gasteiger partial charge < -0.3 is 24.4 Å². The molecule has 1 heterocycles. The fourth-order valence-electron chi connectivity index (χ4n) is 1.80. The van der Waals surface area contributed by atoms with E-state index in [0.29, 0.717) is 0 Å². The minimum atomic E-state index is -0.849. The number of aliphatic hydroxyl groups excluding tert-OH is 1. The van der Waals surface area contributed by atoms with E-state index in [4.69, 9.17) is 14.0 Å². The number of nitrogens with one attached hydrogen (secondary N) is 1. The number of hydrogen-bond donors (Lipinski definition) is 2. The molecule has 1 amide bonds. The minimum absolute atomic E-state index is 0.0220. The van der Waals surface area contributed by atoms with Gasteiger partial charge in [-0.25, -0.2) is 8.78 Å². The number of methoxy groups -OCH3 is 1. The summed E-state index contributed by atoms with van der Waals surface area (Å²) in [5, 5.41) is 15.4. The molecule has 1 atom stereocenters. The first-order chi connectivity index (χ1) is 11.5. The van der Waals surface area contributed by atoms with E-state index < -0.39 is 29.4 Å². The maximum Gasteiger partial charge on any atom is 0.273 e. The number of para-hydroxylation sites is 1. The van der Waals surface area contributed by atoms with Crippen LogP contribution in [-0.2, 0) is 11.3 Å². The predicted molar refractivity (Wildman–Crippen MR) is 77.4 cm³/mol. The van der Waals surface area contributed by atoms with Crippen LogP contribution < -0.4 is 10.1 Å². The van der Waals surface area contributed by atoms with E-state index in [0.717, 1.165) is 12.1 Å². The Labute approximate surface area is 136 Å². The molecule has 0 unspecified atom stereocenters. The molecule has 0 spiro atoms. The quantitative estimate of drug-likeness (QED) is 0.750. The molecule has 1 aromatic carbocycles. The fraction of sp³-hybridized carbons (Fsp3) is 0.333. The molecule has 0 aliphatic rings. The Morgan fingerprint density at radius 3 is 2.79 bits per heavy atom. The maximum absolute atomic E-state index is 13.4. The van der Waals surface area contributed by atoms with Crippen molar-refractivity contribution in [1.29, 1.82) is 0 Å². The molecule has 0 radical (unpaired) electrons. The van der Waals surface area contributed by atoms with Gasteiger partial charge in [-0.15, -0.1) is 0 Å². The van der Waals surface area contributed by atoms with Crippen LogP contribution in [-0.4, -0.2) is 42.5 Å². The van der Waals surface area contributed by atoms with Crippen LogP contribution in [0.25, 0.3) is 0 Å². The summed E-state index contributed by atoms with van der Waals surface area (Å²) in [4.78, 5) is 11.8. The van der Waals surface area contributed by atoms with E-state index in [1.807, 2.05) is 0 Å². The van der Waals surface area contributed by atoms with E-state index in [2.05, 4.69) is 10.5 Å².